The molecule has 14 heavy (non-hydrogen) atoms. The second-order valence-electron chi connectivity index (χ2n) is 4.62. The first kappa shape index (κ1) is 16.2. The van der Waals surface area contributed by atoms with E-state index in [-0.39, 0.29) is 23.9 Å². The topological polar surface area (TPSA) is 49.3 Å². The van der Waals surface area contributed by atoms with Crippen LogP contribution in [0.5, 0.6) is 0 Å². The molecule has 0 rings (SSSR count). The molecule has 2 N–H and O–H groups in total. The highest BCUT2D eigenvalue weighted by Crippen LogP contribution is 2.11. The van der Waals surface area contributed by atoms with Crippen molar-refractivity contribution in [1.29, 1.82) is 0 Å². The summed E-state index contributed by atoms with van der Waals surface area (Å²) in [6.45, 7) is 9.00. The van der Waals surface area contributed by atoms with E-state index >= 15 is 0 Å². The van der Waals surface area contributed by atoms with Gasteiger partial charge in [-0.25, -0.2) is 0 Å². The van der Waals surface area contributed by atoms with E-state index in [1.165, 1.54) is 0 Å². The average molecular weight is 224 g/mol. The molecule has 0 saturated heterocycles. The highest BCUT2D eigenvalue weighted by Gasteiger charge is 2.18. The van der Waals surface area contributed by atoms with Crippen molar-refractivity contribution in [3.05, 3.63) is 0 Å². The first-order chi connectivity index (χ1) is 5.87. The van der Waals surface area contributed by atoms with Gasteiger partial charge in [-0.2, -0.15) is 0 Å². The van der Waals surface area contributed by atoms with Crippen molar-refractivity contribution in [3.8, 4) is 0 Å². The van der Waals surface area contributed by atoms with E-state index in [2.05, 4.69) is 26.1 Å². The third-order valence-electron chi connectivity index (χ3n) is 1.75. The molecule has 0 heterocycles. The van der Waals surface area contributed by atoms with Crippen molar-refractivity contribution >= 4 is 18.4 Å². The molecule has 0 amide bonds. The van der Waals surface area contributed by atoms with E-state index in [1.807, 2.05) is 6.92 Å². The lowest BCUT2D eigenvalue weighted by atomic mass is 9.96. The normalized spacial score (nSPS) is 13.1. The molecule has 3 nitrogen and oxygen atoms in total. The Kier molecular flexibility index (Phi) is 8.16. The maximum Gasteiger partial charge on any atom is 0.320 e. The number of halogens is 1. The number of rotatable bonds is 5. The second-order valence-corrected chi connectivity index (χ2v) is 4.62. The standard InChI is InChI=1S/C10H21NO2.ClH/c1-5-6-8(9(12)13)11-7-10(2,3)4;/h8,11H,5-7H2,1-4H3,(H,12,13);1H. The van der Waals surface area contributed by atoms with Crippen molar-refractivity contribution in [1.82, 2.24) is 5.32 Å². The number of carboxylic acid groups (broad SMARTS) is 1. The number of carboxylic acids is 1. The predicted octanol–water partition coefficient (Wildman–Crippen LogP) is 2.30. The molecular formula is C10H22ClNO2. The lowest BCUT2D eigenvalue weighted by Gasteiger charge is -2.22. The SMILES string of the molecule is CCCC(NCC(C)(C)C)C(=O)O.Cl. The van der Waals surface area contributed by atoms with E-state index < -0.39 is 5.97 Å². The fourth-order valence-corrected chi connectivity index (χ4v) is 1.03. The highest BCUT2D eigenvalue weighted by molar-refractivity contribution is 5.85. The molecule has 0 aromatic rings. The van der Waals surface area contributed by atoms with Gasteiger partial charge in [0.2, 0.25) is 0 Å². The number of nitrogens with one attached hydrogen (secondary N) is 1. The third-order valence-corrected chi connectivity index (χ3v) is 1.75. The van der Waals surface area contributed by atoms with E-state index in [4.69, 9.17) is 5.11 Å². The molecule has 0 aliphatic carbocycles. The van der Waals surface area contributed by atoms with Crippen LogP contribution < -0.4 is 5.32 Å². The summed E-state index contributed by atoms with van der Waals surface area (Å²) < 4.78 is 0. The fraction of sp³-hybridized carbons (Fsp3) is 0.900. The van der Waals surface area contributed by atoms with Crippen LogP contribution in [-0.2, 0) is 4.79 Å². The Bertz CT molecular complexity index is 166. The smallest absolute Gasteiger partial charge is 0.320 e. The van der Waals surface area contributed by atoms with E-state index in [9.17, 15) is 4.79 Å². The zero-order valence-corrected chi connectivity index (χ0v) is 10.3. The molecule has 0 aliphatic heterocycles. The summed E-state index contributed by atoms with van der Waals surface area (Å²) >= 11 is 0. The van der Waals surface area contributed by atoms with E-state index in [0.29, 0.717) is 6.42 Å². The summed E-state index contributed by atoms with van der Waals surface area (Å²) in [6, 6.07) is -0.385. The lowest BCUT2D eigenvalue weighted by Crippen LogP contribution is -2.40. The van der Waals surface area contributed by atoms with E-state index in [1.54, 1.807) is 0 Å². The average Bonchev–Trinajstić information content (AvgIpc) is 1.95. The first-order valence-corrected chi connectivity index (χ1v) is 4.83. The maximum absolute atomic E-state index is 10.7. The summed E-state index contributed by atoms with van der Waals surface area (Å²) in [7, 11) is 0. The first-order valence-electron chi connectivity index (χ1n) is 4.83. The Morgan fingerprint density at radius 2 is 1.93 bits per heavy atom. The van der Waals surface area contributed by atoms with Crippen LogP contribution >= 0.6 is 12.4 Å². The van der Waals surface area contributed by atoms with Crippen molar-refractivity contribution < 1.29 is 9.90 Å². The minimum atomic E-state index is -0.744. The third kappa shape index (κ3) is 8.32. The van der Waals surface area contributed by atoms with Gasteiger partial charge in [0.25, 0.3) is 0 Å². The van der Waals surface area contributed by atoms with Gasteiger partial charge < -0.3 is 10.4 Å². The van der Waals surface area contributed by atoms with Crippen LogP contribution in [0.1, 0.15) is 40.5 Å². The van der Waals surface area contributed by atoms with Crippen molar-refractivity contribution in [2.24, 2.45) is 5.41 Å². The van der Waals surface area contributed by atoms with Gasteiger partial charge in [0.05, 0.1) is 0 Å². The molecule has 0 aromatic heterocycles. The molecule has 0 bridgehead atoms. The maximum atomic E-state index is 10.7. The largest absolute Gasteiger partial charge is 0.480 e. The van der Waals surface area contributed by atoms with Crippen LogP contribution in [0.2, 0.25) is 0 Å². The Hall–Kier alpha value is -0.280. The van der Waals surface area contributed by atoms with Crippen LogP contribution in [0.25, 0.3) is 0 Å². The second kappa shape index (κ2) is 7.07. The fourth-order valence-electron chi connectivity index (χ4n) is 1.03. The van der Waals surface area contributed by atoms with Crippen LogP contribution in [-0.4, -0.2) is 23.7 Å². The molecule has 1 unspecified atom stereocenters. The molecule has 0 fully saturated rings. The summed E-state index contributed by atoms with van der Waals surface area (Å²) in [4.78, 5) is 10.7. The van der Waals surface area contributed by atoms with Crippen molar-refractivity contribution in [2.45, 2.75) is 46.6 Å². The zero-order chi connectivity index (χ0) is 10.5. The van der Waals surface area contributed by atoms with Gasteiger partial charge in [0.1, 0.15) is 6.04 Å². The summed E-state index contributed by atoms with van der Waals surface area (Å²) in [5, 5.41) is 11.9. The molecule has 0 aliphatic rings. The van der Waals surface area contributed by atoms with E-state index in [0.717, 1.165) is 13.0 Å². The van der Waals surface area contributed by atoms with Gasteiger partial charge in [-0.05, 0) is 11.8 Å². The quantitative estimate of drug-likeness (QED) is 0.752. The highest BCUT2D eigenvalue weighted by atomic mass is 35.5. The van der Waals surface area contributed by atoms with Crippen LogP contribution in [0, 0.1) is 5.41 Å². The molecule has 4 heteroatoms. The predicted molar refractivity (Wildman–Crippen MR) is 61.0 cm³/mol. The Labute approximate surface area is 92.7 Å². The van der Waals surface area contributed by atoms with Gasteiger partial charge in [-0.3, -0.25) is 4.79 Å². The Morgan fingerprint density at radius 3 is 2.21 bits per heavy atom. The van der Waals surface area contributed by atoms with Gasteiger partial charge in [-0.1, -0.05) is 34.1 Å². The van der Waals surface area contributed by atoms with Crippen molar-refractivity contribution in [3.63, 3.8) is 0 Å². The molecule has 0 aromatic carbocycles. The Balaban J connectivity index is 0. The summed E-state index contributed by atoms with van der Waals surface area (Å²) in [6.07, 6.45) is 1.60. The Morgan fingerprint density at radius 1 is 1.43 bits per heavy atom. The number of aliphatic carboxylic acids is 1. The molecular weight excluding hydrogens is 202 g/mol. The summed E-state index contributed by atoms with van der Waals surface area (Å²) in [5.41, 5.74) is 0.140. The number of carbonyl (C=O) groups is 1. The van der Waals surface area contributed by atoms with Crippen LogP contribution in [0.15, 0.2) is 0 Å². The van der Waals surface area contributed by atoms with Crippen molar-refractivity contribution in [2.75, 3.05) is 6.54 Å². The minimum absolute atomic E-state index is 0. The zero-order valence-electron chi connectivity index (χ0n) is 9.46. The van der Waals surface area contributed by atoms with Gasteiger partial charge in [-0.15, -0.1) is 12.4 Å². The molecule has 0 radical (unpaired) electrons. The number of hydrogen-bond acceptors (Lipinski definition) is 2. The molecule has 1 atom stereocenters. The van der Waals surface area contributed by atoms with Gasteiger partial charge >= 0.3 is 5.97 Å². The van der Waals surface area contributed by atoms with Gasteiger partial charge in [0.15, 0.2) is 0 Å². The number of hydrogen-bond donors (Lipinski definition) is 2. The molecule has 0 spiro atoms. The summed E-state index contributed by atoms with van der Waals surface area (Å²) in [5.74, 6) is -0.744. The minimum Gasteiger partial charge on any atom is -0.480 e. The van der Waals surface area contributed by atoms with Gasteiger partial charge in [0, 0.05) is 6.54 Å². The van der Waals surface area contributed by atoms with Crippen LogP contribution in [0.4, 0.5) is 0 Å². The molecule has 86 valence electrons. The monoisotopic (exact) mass is 223 g/mol. The molecule has 0 saturated carbocycles. The lowest BCUT2D eigenvalue weighted by molar-refractivity contribution is -0.139. The van der Waals surface area contributed by atoms with Crippen LogP contribution in [0.3, 0.4) is 0 Å².